The molecular formula is C20H27BN4O10. The van der Waals surface area contributed by atoms with Gasteiger partial charge in [0.2, 0.25) is 5.91 Å². The molecule has 1 saturated heterocycles. The third-order valence-electron chi connectivity index (χ3n) is 5.88. The van der Waals surface area contributed by atoms with Gasteiger partial charge in [0.1, 0.15) is 17.9 Å². The van der Waals surface area contributed by atoms with Crippen LogP contribution in [0.1, 0.15) is 22.8 Å². The molecule has 1 aromatic rings. The SMILES string of the molecule is CCN1CCN(C(O)N[C@@H](C(=O)N[C@H]2Cc3cccc(C(=O)O)c3OB2O)[C@H](O)CO)C(=O)C1=O. The van der Waals surface area contributed by atoms with Crippen LogP contribution < -0.4 is 15.3 Å². The van der Waals surface area contributed by atoms with E-state index in [0.717, 1.165) is 4.90 Å². The van der Waals surface area contributed by atoms with Gasteiger partial charge in [-0.1, -0.05) is 12.1 Å². The highest BCUT2D eigenvalue weighted by molar-refractivity contribution is 6.47. The highest BCUT2D eigenvalue weighted by Crippen LogP contribution is 2.30. The van der Waals surface area contributed by atoms with Crippen molar-refractivity contribution in [2.45, 2.75) is 37.8 Å². The van der Waals surface area contributed by atoms with Crippen molar-refractivity contribution in [3.63, 3.8) is 0 Å². The largest absolute Gasteiger partial charge is 0.547 e. The van der Waals surface area contributed by atoms with E-state index in [2.05, 4.69) is 10.6 Å². The zero-order valence-electron chi connectivity index (χ0n) is 18.8. The first-order valence-electron chi connectivity index (χ1n) is 10.9. The van der Waals surface area contributed by atoms with Crippen LogP contribution in [0.25, 0.3) is 0 Å². The lowest BCUT2D eigenvalue weighted by Gasteiger charge is -2.38. The molecule has 0 aromatic heterocycles. The number of carbonyl (C=O) groups excluding carboxylic acids is 3. The maximum absolute atomic E-state index is 12.9. The first-order chi connectivity index (χ1) is 16.6. The number of likely N-dealkylation sites (N-methyl/N-ethyl adjacent to an activating group) is 1. The predicted octanol–water partition coefficient (Wildman–Crippen LogP) is -3.90. The topological polar surface area (TPSA) is 209 Å². The molecule has 35 heavy (non-hydrogen) atoms. The van der Waals surface area contributed by atoms with Crippen molar-refractivity contribution in [2.24, 2.45) is 0 Å². The van der Waals surface area contributed by atoms with E-state index in [-0.39, 0.29) is 30.8 Å². The molecule has 3 rings (SSSR count). The van der Waals surface area contributed by atoms with Crippen LogP contribution in [0.2, 0.25) is 0 Å². The Labute approximate surface area is 200 Å². The molecule has 4 atom stereocenters. The number of carboxylic acid groups (broad SMARTS) is 1. The van der Waals surface area contributed by atoms with Crippen LogP contribution >= 0.6 is 0 Å². The highest BCUT2D eigenvalue weighted by atomic mass is 16.5. The summed E-state index contributed by atoms with van der Waals surface area (Å²) in [7, 11) is -1.63. The van der Waals surface area contributed by atoms with Gasteiger partial charge >= 0.3 is 24.9 Å². The van der Waals surface area contributed by atoms with Crippen molar-refractivity contribution in [1.29, 1.82) is 0 Å². The lowest BCUT2D eigenvalue weighted by molar-refractivity contribution is -0.166. The monoisotopic (exact) mass is 494 g/mol. The van der Waals surface area contributed by atoms with Crippen molar-refractivity contribution in [1.82, 2.24) is 20.4 Å². The Morgan fingerprint density at radius 2 is 1.94 bits per heavy atom. The number of fused-ring (bicyclic) bond motifs is 1. The minimum Gasteiger partial charge on any atom is -0.534 e. The fourth-order valence-electron chi connectivity index (χ4n) is 3.93. The number of aliphatic hydroxyl groups excluding tert-OH is 3. The molecule has 1 aromatic carbocycles. The molecule has 14 nitrogen and oxygen atoms in total. The number of nitrogens with zero attached hydrogens (tertiary/aromatic N) is 2. The van der Waals surface area contributed by atoms with E-state index in [1.54, 1.807) is 13.0 Å². The summed E-state index contributed by atoms with van der Waals surface area (Å²) < 4.78 is 5.31. The maximum Gasteiger partial charge on any atom is 0.547 e. The summed E-state index contributed by atoms with van der Waals surface area (Å²) in [5, 5.41) is 54.4. The summed E-state index contributed by atoms with van der Waals surface area (Å²) in [4.78, 5) is 50.8. The number of aliphatic hydroxyl groups is 3. The van der Waals surface area contributed by atoms with Crippen molar-refractivity contribution in [3.05, 3.63) is 29.3 Å². The number of hydrogen-bond acceptors (Lipinski definition) is 10. The number of piperazine rings is 1. The van der Waals surface area contributed by atoms with Crippen LogP contribution in [0.4, 0.5) is 0 Å². The summed E-state index contributed by atoms with van der Waals surface area (Å²) in [6.07, 6.45) is -3.58. The second-order valence-corrected chi connectivity index (χ2v) is 8.08. The zero-order valence-corrected chi connectivity index (χ0v) is 18.8. The van der Waals surface area contributed by atoms with Gasteiger partial charge in [-0.05, 0) is 25.0 Å². The molecule has 190 valence electrons. The Morgan fingerprint density at radius 1 is 1.23 bits per heavy atom. The Morgan fingerprint density at radius 3 is 2.57 bits per heavy atom. The van der Waals surface area contributed by atoms with Gasteiger partial charge in [0.15, 0.2) is 6.35 Å². The molecule has 3 amide bonds. The van der Waals surface area contributed by atoms with Crippen LogP contribution in [0.15, 0.2) is 18.2 Å². The summed E-state index contributed by atoms with van der Waals surface area (Å²) in [5.74, 6) is -5.14. The minimum absolute atomic E-state index is 0.0141. The van der Waals surface area contributed by atoms with E-state index >= 15 is 0 Å². The molecule has 2 aliphatic rings. The molecule has 0 aliphatic carbocycles. The quantitative estimate of drug-likeness (QED) is 0.100. The van der Waals surface area contributed by atoms with Gasteiger partial charge in [0.05, 0.1) is 18.1 Å². The molecule has 2 heterocycles. The summed E-state index contributed by atoms with van der Waals surface area (Å²) in [5.41, 5.74) is 0.248. The van der Waals surface area contributed by atoms with Crippen molar-refractivity contribution >= 4 is 30.8 Å². The van der Waals surface area contributed by atoms with E-state index < -0.39 is 61.9 Å². The Bertz CT molecular complexity index is 995. The molecule has 1 unspecified atom stereocenters. The van der Waals surface area contributed by atoms with Gasteiger partial charge in [0.25, 0.3) is 0 Å². The van der Waals surface area contributed by atoms with E-state index in [0.29, 0.717) is 12.1 Å². The number of hydrogen-bond donors (Lipinski definition) is 7. The normalized spacial score (nSPS) is 20.6. The van der Waals surface area contributed by atoms with Crippen molar-refractivity contribution in [3.8, 4) is 5.75 Å². The lowest BCUT2D eigenvalue weighted by atomic mass is 9.72. The number of nitrogens with one attached hydrogen (secondary N) is 2. The fraction of sp³-hybridized carbons (Fsp3) is 0.500. The third kappa shape index (κ3) is 5.54. The molecule has 0 radical (unpaired) electrons. The Balaban J connectivity index is 1.71. The second-order valence-electron chi connectivity index (χ2n) is 8.08. The smallest absolute Gasteiger partial charge is 0.534 e. The Hall–Kier alpha value is -3.24. The van der Waals surface area contributed by atoms with Crippen LogP contribution in [-0.2, 0) is 20.8 Å². The number of aromatic carboxylic acids is 1. The van der Waals surface area contributed by atoms with Crippen molar-refractivity contribution in [2.75, 3.05) is 26.2 Å². The average Bonchev–Trinajstić information content (AvgIpc) is 2.83. The van der Waals surface area contributed by atoms with Gasteiger partial charge in [-0.25, -0.2) is 4.79 Å². The van der Waals surface area contributed by atoms with E-state index in [1.807, 2.05) is 0 Å². The van der Waals surface area contributed by atoms with Gasteiger partial charge in [-0.2, -0.15) is 0 Å². The summed E-state index contributed by atoms with van der Waals surface area (Å²) in [6, 6.07) is 2.70. The Kier molecular flexibility index (Phi) is 8.29. The van der Waals surface area contributed by atoms with E-state index in [9.17, 15) is 44.6 Å². The van der Waals surface area contributed by atoms with Gasteiger partial charge in [-0.15, -0.1) is 0 Å². The number of carbonyl (C=O) groups is 4. The lowest BCUT2D eigenvalue weighted by Crippen LogP contribution is -2.66. The minimum atomic E-state index is -1.84. The molecular weight excluding hydrogens is 467 g/mol. The molecule has 0 saturated carbocycles. The first kappa shape index (κ1) is 26.4. The second kappa shape index (κ2) is 11.0. The molecule has 1 fully saturated rings. The number of rotatable bonds is 9. The maximum atomic E-state index is 12.9. The predicted molar refractivity (Wildman–Crippen MR) is 118 cm³/mol. The molecule has 15 heteroatoms. The number of carboxylic acids is 1. The number of amides is 3. The van der Waals surface area contributed by atoms with Gasteiger partial charge in [0, 0.05) is 19.6 Å². The van der Waals surface area contributed by atoms with Crippen LogP contribution in [0.5, 0.6) is 5.75 Å². The molecule has 7 N–H and O–H groups in total. The average molecular weight is 494 g/mol. The molecule has 2 aliphatic heterocycles. The van der Waals surface area contributed by atoms with E-state index in [1.165, 1.54) is 17.0 Å². The van der Waals surface area contributed by atoms with Crippen LogP contribution in [0, 0.1) is 0 Å². The van der Waals surface area contributed by atoms with Crippen molar-refractivity contribution < 1.29 is 49.3 Å². The van der Waals surface area contributed by atoms with Gasteiger partial charge in [-0.3, -0.25) is 24.6 Å². The third-order valence-corrected chi connectivity index (χ3v) is 5.88. The zero-order chi connectivity index (χ0) is 25.9. The fourth-order valence-corrected chi connectivity index (χ4v) is 3.93. The van der Waals surface area contributed by atoms with Crippen LogP contribution in [0.3, 0.4) is 0 Å². The van der Waals surface area contributed by atoms with Crippen LogP contribution in [-0.4, -0.2) is 117 Å². The highest BCUT2D eigenvalue weighted by Gasteiger charge is 2.41. The summed E-state index contributed by atoms with van der Waals surface area (Å²) in [6.45, 7) is 1.23. The van der Waals surface area contributed by atoms with Gasteiger partial charge < -0.3 is 40.3 Å². The number of benzene rings is 1. The first-order valence-corrected chi connectivity index (χ1v) is 10.9. The number of para-hydroxylation sites is 1. The standard InChI is InChI=1S/C20H27BN4O10/c1-2-24-6-7-25(18(30)17(24)29)20(33)23-14(12(27)9-26)16(28)22-13-8-10-4-3-5-11(19(31)32)15(10)35-21(13)34/h3-5,12-14,20,23,26-27,33-34H,2,6-9H2,1H3,(H,22,28)(H,31,32)/t12-,13+,14-,20?/m1/s1. The van der Waals surface area contributed by atoms with E-state index in [4.69, 9.17) is 4.65 Å². The summed E-state index contributed by atoms with van der Waals surface area (Å²) >= 11 is 0. The molecule has 0 bridgehead atoms. The molecule has 0 spiro atoms.